The van der Waals surface area contributed by atoms with E-state index in [0.29, 0.717) is 40.2 Å². The molecule has 2 aliphatic rings. The molecule has 1 saturated heterocycles. The minimum atomic E-state index is -0.603. The Morgan fingerprint density at radius 1 is 1.00 bits per heavy atom. The van der Waals surface area contributed by atoms with E-state index in [2.05, 4.69) is 40.8 Å². The number of aromatic nitrogens is 1. The first-order valence-electron chi connectivity index (χ1n) is 13.2. The summed E-state index contributed by atoms with van der Waals surface area (Å²) in [6.07, 6.45) is 3.03. The van der Waals surface area contributed by atoms with Crippen LogP contribution in [0.25, 0.3) is 11.1 Å². The second-order valence-corrected chi connectivity index (χ2v) is 10.6. The number of ether oxygens (including phenoxy) is 1. The molecule has 0 spiro atoms. The van der Waals surface area contributed by atoms with E-state index in [1.807, 2.05) is 18.7 Å². The molecule has 0 bridgehead atoms. The van der Waals surface area contributed by atoms with Crippen molar-refractivity contribution in [2.45, 2.75) is 38.8 Å². The normalized spacial score (nSPS) is 16.1. The Hall–Kier alpha value is -3.72. The highest BCUT2D eigenvalue weighted by Gasteiger charge is 2.28. The Bertz CT molecular complexity index is 1390. The number of nitrogens with one attached hydrogen (secondary N) is 1. The maximum absolute atomic E-state index is 15.1. The van der Waals surface area contributed by atoms with Gasteiger partial charge < -0.3 is 24.8 Å². The third-order valence-electron chi connectivity index (χ3n) is 7.45. The topological polar surface area (TPSA) is 43.9 Å². The van der Waals surface area contributed by atoms with Crippen LogP contribution in [0.5, 0.6) is 5.75 Å². The van der Waals surface area contributed by atoms with Crippen molar-refractivity contribution >= 4 is 22.9 Å². The van der Waals surface area contributed by atoms with E-state index in [1.54, 1.807) is 18.2 Å². The van der Waals surface area contributed by atoms with Crippen molar-refractivity contribution < 1.29 is 17.9 Å². The third kappa shape index (κ3) is 5.41. The van der Waals surface area contributed by atoms with Gasteiger partial charge in [0, 0.05) is 42.1 Å². The fourth-order valence-corrected chi connectivity index (χ4v) is 5.44. The average Bonchev–Trinajstić information content (AvgIpc) is 2.89. The van der Waals surface area contributed by atoms with E-state index in [-0.39, 0.29) is 29.8 Å². The summed E-state index contributed by atoms with van der Waals surface area (Å²) in [5, 5.41) is 3.06. The molecule has 39 heavy (non-hydrogen) atoms. The first-order chi connectivity index (χ1) is 18.6. The number of rotatable bonds is 6. The Morgan fingerprint density at radius 3 is 2.41 bits per heavy atom. The van der Waals surface area contributed by atoms with E-state index in [4.69, 9.17) is 4.74 Å². The van der Waals surface area contributed by atoms with E-state index >= 15 is 8.78 Å². The zero-order chi connectivity index (χ0) is 27.8. The zero-order valence-corrected chi connectivity index (χ0v) is 22.8. The lowest BCUT2D eigenvalue weighted by atomic mass is 10.0. The molecular formula is C30H34F3N5O. The summed E-state index contributed by atoms with van der Waals surface area (Å²) >= 11 is 0. The molecular weight excluding hydrogens is 503 g/mol. The molecule has 0 amide bonds. The summed E-state index contributed by atoms with van der Waals surface area (Å²) in [6, 6.07) is 9.90. The molecule has 206 valence electrons. The quantitative estimate of drug-likeness (QED) is 0.384. The molecule has 0 saturated carbocycles. The van der Waals surface area contributed by atoms with E-state index < -0.39 is 11.6 Å². The molecule has 6 nitrogen and oxygen atoms in total. The van der Waals surface area contributed by atoms with Crippen LogP contribution in [0.3, 0.4) is 0 Å². The summed E-state index contributed by atoms with van der Waals surface area (Å²) in [4.78, 5) is 10.3. The van der Waals surface area contributed by atoms with E-state index in [1.165, 1.54) is 18.2 Å². The summed E-state index contributed by atoms with van der Waals surface area (Å²) in [5.41, 5.74) is 2.73. The van der Waals surface area contributed by atoms with Gasteiger partial charge >= 0.3 is 0 Å². The van der Waals surface area contributed by atoms with Crippen LogP contribution in [0, 0.1) is 17.5 Å². The van der Waals surface area contributed by atoms with Gasteiger partial charge in [-0.1, -0.05) is 6.58 Å². The van der Waals surface area contributed by atoms with Gasteiger partial charge in [0.25, 0.3) is 0 Å². The first kappa shape index (κ1) is 26.9. The number of piperidine rings is 1. The van der Waals surface area contributed by atoms with Gasteiger partial charge in [0.05, 0.1) is 17.6 Å². The SMILES string of the molecule is C=C1COc2c(F)cc(-c3cc(Nc4ccc(N5CCC(N(C)C)CC5)c(F)c4)ncc3F)cc2N1C(C)C. The Morgan fingerprint density at radius 2 is 1.74 bits per heavy atom. The number of halogens is 3. The van der Waals surface area contributed by atoms with Crippen molar-refractivity contribution in [2.75, 3.05) is 48.9 Å². The fourth-order valence-electron chi connectivity index (χ4n) is 5.44. The molecule has 2 aromatic carbocycles. The molecule has 3 aromatic rings. The van der Waals surface area contributed by atoms with Gasteiger partial charge in [-0.3, -0.25) is 0 Å². The van der Waals surface area contributed by atoms with Crippen LogP contribution in [0.1, 0.15) is 26.7 Å². The van der Waals surface area contributed by atoms with Crippen LogP contribution in [0.15, 0.2) is 54.9 Å². The molecule has 2 aliphatic heterocycles. The molecule has 0 radical (unpaired) electrons. The number of fused-ring (bicyclic) bond motifs is 1. The standard InChI is InChI=1S/C30H34F3N5O/c1-18(2)38-19(3)17-39-30-25(32)12-20(13-28(30)38)23-15-29(34-16-26(23)33)35-21-6-7-27(24(31)14-21)37-10-8-22(9-11-37)36(4)5/h6-7,12-16,18,22H,3,8-11,17H2,1-2,4-5H3,(H,34,35). The smallest absolute Gasteiger partial charge is 0.179 e. The Labute approximate surface area is 227 Å². The number of anilines is 4. The molecule has 9 heteroatoms. The van der Waals surface area contributed by atoms with Gasteiger partial charge in [0.15, 0.2) is 11.6 Å². The molecule has 0 aliphatic carbocycles. The highest BCUT2D eigenvalue weighted by Crippen LogP contribution is 2.42. The molecule has 1 N–H and O–H groups in total. The number of hydrogen-bond donors (Lipinski definition) is 1. The lowest BCUT2D eigenvalue weighted by Crippen LogP contribution is -2.42. The van der Waals surface area contributed by atoms with Gasteiger partial charge in [0.1, 0.15) is 24.1 Å². The van der Waals surface area contributed by atoms with Crippen molar-refractivity contribution in [1.82, 2.24) is 9.88 Å². The lowest BCUT2D eigenvalue weighted by molar-refractivity contribution is 0.249. The molecule has 1 aromatic heterocycles. The Balaban J connectivity index is 1.39. The largest absolute Gasteiger partial charge is 0.482 e. The predicted octanol–water partition coefficient (Wildman–Crippen LogP) is 6.56. The van der Waals surface area contributed by atoms with E-state index in [0.717, 1.165) is 32.1 Å². The van der Waals surface area contributed by atoms with Crippen molar-refractivity contribution in [3.63, 3.8) is 0 Å². The van der Waals surface area contributed by atoms with Gasteiger partial charge in [-0.25, -0.2) is 18.2 Å². The molecule has 5 rings (SSSR count). The fraction of sp³-hybridized carbons (Fsp3) is 0.367. The highest BCUT2D eigenvalue weighted by molar-refractivity contribution is 5.77. The summed E-state index contributed by atoms with van der Waals surface area (Å²) in [7, 11) is 4.15. The maximum Gasteiger partial charge on any atom is 0.179 e. The minimum absolute atomic E-state index is 0.00605. The molecule has 1 fully saturated rings. The highest BCUT2D eigenvalue weighted by atomic mass is 19.1. The number of hydrogen-bond acceptors (Lipinski definition) is 6. The summed E-state index contributed by atoms with van der Waals surface area (Å²) in [5.74, 6) is -1.09. The van der Waals surface area contributed by atoms with Gasteiger partial charge in [0.2, 0.25) is 0 Å². The first-order valence-corrected chi connectivity index (χ1v) is 13.2. The van der Waals surface area contributed by atoms with Crippen LogP contribution in [-0.4, -0.2) is 55.8 Å². The van der Waals surface area contributed by atoms with Gasteiger partial charge in [-0.05, 0) is 82.7 Å². The van der Waals surface area contributed by atoms with Crippen molar-refractivity contribution in [1.29, 1.82) is 0 Å². The van der Waals surface area contributed by atoms with Crippen LogP contribution >= 0.6 is 0 Å². The monoisotopic (exact) mass is 537 g/mol. The van der Waals surface area contributed by atoms with Crippen molar-refractivity contribution in [3.8, 4) is 16.9 Å². The average molecular weight is 538 g/mol. The molecule has 0 unspecified atom stereocenters. The zero-order valence-electron chi connectivity index (χ0n) is 22.8. The number of nitrogens with zero attached hydrogens (tertiary/aromatic N) is 4. The summed E-state index contributed by atoms with van der Waals surface area (Å²) < 4.78 is 50.7. The second-order valence-electron chi connectivity index (χ2n) is 10.6. The Kier molecular flexibility index (Phi) is 7.44. The van der Waals surface area contributed by atoms with Gasteiger partial charge in [-0.2, -0.15) is 0 Å². The van der Waals surface area contributed by atoms with E-state index in [9.17, 15) is 4.39 Å². The second kappa shape index (κ2) is 10.8. The number of benzene rings is 2. The van der Waals surface area contributed by atoms with Gasteiger partial charge in [-0.15, -0.1) is 0 Å². The van der Waals surface area contributed by atoms with Crippen LogP contribution < -0.4 is 19.9 Å². The maximum atomic E-state index is 15.1. The van der Waals surface area contributed by atoms with Crippen molar-refractivity contribution in [2.24, 2.45) is 0 Å². The number of pyridine rings is 1. The minimum Gasteiger partial charge on any atom is -0.482 e. The lowest BCUT2D eigenvalue weighted by Gasteiger charge is -2.36. The van der Waals surface area contributed by atoms with Crippen LogP contribution in [-0.2, 0) is 0 Å². The molecule has 0 atom stereocenters. The van der Waals surface area contributed by atoms with Crippen LogP contribution in [0.4, 0.5) is 36.1 Å². The van der Waals surface area contributed by atoms with Crippen molar-refractivity contribution in [3.05, 3.63) is 72.3 Å². The molecule has 3 heterocycles. The van der Waals surface area contributed by atoms with Crippen LogP contribution in [0.2, 0.25) is 0 Å². The predicted molar refractivity (Wildman–Crippen MR) is 150 cm³/mol. The third-order valence-corrected chi connectivity index (χ3v) is 7.45. The summed E-state index contributed by atoms with van der Waals surface area (Å²) in [6.45, 7) is 9.73.